The van der Waals surface area contributed by atoms with Crippen LogP contribution in [0.2, 0.25) is 0 Å². The van der Waals surface area contributed by atoms with Crippen molar-refractivity contribution < 1.29 is 14.0 Å². The summed E-state index contributed by atoms with van der Waals surface area (Å²) in [7, 11) is 0. The van der Waals surface area contributed by atoms with Crippen molar-refractivity contribution >= 4 is 11.8 Å². The Balaban J connectivity index is 1.62. The lowest BCUT2D eigenvalue weighted by atomic mass is 10.0. The van der Waals surface area contributed by atoms with Crippen LogP contribution in [0, 0.1) is 6.92 Å². The summed E-state index contributed by atoms with van der Waals surface area (Å²) >= 11 is 0. The van der Waals surface area contributed by atoms with Crippen molar-refractivity contribution in [3.05, 3.63) is 41.6 Å². The van der Waals surface area contributed by atoms with Crippen LogP contribution in [0.25, 0.3) is 0 Å². The lowest BCUT2D eigenvalue weighted by Gasteiger charge is -2.32. The van der Waals surface area contributed by atoms with E-state index < -0.39 is 0 Å². The summed E-state index contributed by atoms with van der Waals surface area (Å²) in [6.07, 6.45) is 5.96. The minimum Gasteiger partial charge on any atom is -0.459 e. The first-order valence-corrected chi connectivity index (χ1v) is 8.76. The second kappa shape index (κ2) is 7.55. The van der Waals surface area contributed by atoms with Crippen LogP contribution in [-0.2, 0) is 6.54 Å². The molecule has 2 aromatic rings. The maximum atomic E-state index is 12.6. The minimum atomic E-state index is -0.129. The maximum Gasteiger partial charge on any atom is 0.289 e. The lowest BCUT2D eigenvalue weighted by Crippen LogP contribution is -2.49. The van der Waals surface area contributed by atoms with Crippen LogP contribution in [-0.4, -0.2) is 45.6 Å². The Morgan fingerprint density at radius 1 is 1.44 bits per heavy atom. The SMILES string of the molecule is CCCn1cc(C(=O)NC2CCCN(C(=O)c3ccco3)C2)c(C)n1. The average molecular weight is 344 g/mol. The van der Waals surface area contributed by atoms with Gasteiger partial charge in [-0.05, 0) is 38.3 Å². The van der Waals surface area contributed by atoms with Crippen LogP contribution in [0.4, 0.5) is 0 Å². The number of carbonyl (C=O) groups is 2. The summed E-state index contributed by atoms with van der Waals surface area (Å²) in [5, 5.41) is 7.42. The van der Waals surface area contributed by atoms with E-state index in [0.29, 0.717) is 24.4 Å². The number of rotatable bonds is 5. The second-order valence-electron chi connectivity index (χ2n) is 6.43. The quantitative estimate of drug-likeness (QED) is 0.902. The number of aryl methyl sites for hydroxylation is 2. The summed E-state index contributed by atoms with van der Waals surface area (Å²) < 4.78 is 6.99. The molecule has 1 unspecified atom stereocenters. The van der Waals surface area contributed by atoms with Gasteiger partial charge in [0, 0.05) is 31.9 Å². The van der Waals surface area contributed by atoms with Crippen LogP contribution >= 0.6 is 0 Å². The van der Waals surface area contributed by atoms with Gasteiger partial charge in [-0.15, -0.1) is 0 Å². The predicted octanol–water partition coefficient (Wildman–Crippen LogP) is 2.23. The molecule has 3 rings (SSSR count). The first-order valence-electron chi connectivity index (χ1n) is 8.76. The molecule has 7 heteroatoms. The van der Waals surface area contributed by atoms with Gasteiger partial charge in [-0.1, -0.05) is 6.92 Å². The third-order valence-corrected chi connectivity index (χ3v) is 4.42. The summed E-state index contributed by atoms with van der Waals surface area (Å²) in [5.41, 5.74) is 1.33. The number of likely N-dealkylation sites (tertiary alicyclic amines) is 1. The van der Waals surface area contributed by atoms with E-state index in [1.54, 1.807) is 27.9 Å². The third-order valence-electron chi connectivity index (χ3n) is 4.42. The Kier molecular flexibility index (Phi) is 5.21. The van der Waals surface area contributed by atoms with Gasteiger partial charge in [0.2, 0.25) is 0 Å². The number of furan rings is 1. The van der Waals surface area contributed by atoms with Crippen LogP contribution in [0.3, 0.4) is 0 Å². The van der Waals surface area contributed by atoms with Crippen LogP contribution in [0.15, 0.2) is 29.0 Å². The zero-order valence-corrected chi connectivity index (χ0v) is 14.7. The highest BCUT2D eigenvalue weighted by Crippen LogP contribution is 2.15. The lowest BCUT2D eigenvalue weighted by molar-refractivity contribution is 0.0647. The summed E-state index contributed by atoms with van der Waals surface area (Å²) in [5.74, 6) is 0.0803. The highest BCUT2D eigenvalue weighted by molar-refractivity contribution is 5.95. The molecule has 0 radical (unpaired) electrons. The number of carbonyl (C=O) groups excluding carboxylic acids is 2. The molecule has 0 spiro atoms. The zero-order valence-electron chi connectivity index (χ0n) is 14.7. The van der Waals surface area contributed by atoms with E-state index in [1.807, 2.05) is 6.92 Å². The molecule has 1 saturated heterocycles. The molecule has 7 nitrogen and oxygen atoms in total. The molecule has 2 aromatic heterocycles. The van der Waals surface area contributed by atoms with Gasteiger partial charge >= 0.3 is 0 Å². The van der Waals surface area contributed by atoms with Crippen LogP contribution < -0.4 is 5.32 Å². The molecule has 134 valence electrons. The van der Waals surface area contributed by atoms with Gasteiger partial charge in [0.1, 0.15) is 0 Å². The molecular formula is C18H24N4O3. The Morgan fingerprint density at radius 3 is 3.00 bits per heavy atom. The van der Waals surface area contributed by atoms with Crippen molar-refractivity contribution in [2.45, 2.75) is 45.7 Å². The van der Waals surface area contributed by atoms with Crippen LogP contribution in [0.5, 0.6) is 0 Å². The van der Waals surface area contributed by atoms with E-state index in [2.05, 4.69) is 17.3 Å². The third kappa shape index (κ3) is 3.92. The molecule has 3 heterocycles. The van der Waals surface area contributed by atoms with E-state index in [-0.39, 0.29) is 17.9 Å². The fraction of sp³-hybridized carbons (Fsp3) is 0.500. The Bertz CT molecular complexity index is 736. The van der Waals surface area contributed by atoms with Crippen LogP contribution in [0.1, 0.15) is 52.8 Å². The van der Waals surface area contributed by atoms with E-state index in [9.17, 15) is 9.59 Å². The largest absolute Gasteiger partial charge is 0.459 e. The van der Waals surface area contributed by atoms with Gasteiger partial charge in [0.25, 0.3) is 11.8 Å². The number of nitrogens with one attached hydrogen (secondary N) is 1. The molecule has 0 aliphatic carbocycles. The van der Waals surface area contributed by atoms with Crippen molar-refractivity contribution in [2.75, 3.05) is 13.1 Å². The first-order chi connectivity index (χ1) is 12.1. The van der Waals surface area contributed by atoms with Crippen molar-refractivity contribution in [2.24, 2.45) is 0 Å². The number of piperidine rings is 1. The number of hydrogen-bond acceptors (Lipinski definition) is 4. The summed E-state index contributed by atoms with van der Waals surface area (Å²) in [6.45, 7) is 5.88. The molecule has 1 fully saturated rings. The first kappa shape index (κ1) is 17.3. The monoisotopic (exact) mass is 344 g/mol. The number of nitrogens with zero attached hydrogens (tertiary/aromatic N) is 3. The summed E-state index contributed by atoms with van der Waals surface area (Å²) in [4.78, 5) is 26.7. The molecule has 2 amide bonds. The Morgan fingerprint density at radius 2 is 2.28 bits per heavy atom. The van der Waals surface area contributed by atoms with Crippen molar-refractivity contribution in [1.82, 2.24) is 20.0 Å². The smallest absolute Gasteiger partial charge is 0.289 e. The molecule has 1 N–H and O–H groups in total. The van der Waals surface area contributed by atoms with E-state index in [1.165, 1.54) is 6.26 Å². The van der Waals surface area contributed by atoms with Crippen molar-refractivity contribution in [3.63, 3.8) is 0 Å². The molecule has 0 bridgehead atoms. The number of amides is 2. The molecule has 1 atom stereocenters. The van der Waals surface area contributed by atoms with E-state index in [0.717, 1.165) is 31.5 Å². The molecule has 0 saturated carbocycles. The van der Waals surface area contributed by atoms with E-state index in [4.69, 9.17) is 4.42 Å². The fourth-order valence-corrected chi connectivity index (χ4v) is 3.18. The minimum absolute atomic E-state index is 0.0610. The number of aromatic nitrogens is 2. The predicted molar refractivity (Wildman–Crippen MR) is 92.4 cm³/mol. The van der Waals surface area contributed by atoms with Gasteiger partial charge in [-0.25, -0.2) is 0 Å². The summed E-state index contributed by atoms with van der Waals surface area (Å²) in [6, 6.07) is 3.30. The Labute approximate surface area is 147 Å². The normalized spacial score (nSPS) is 17.5. The molecule has 1 aliphatic rings. The molecular weight excluding hydrogens is 320 g/mol. The van der Waals surface area contributed by atoms with Gasteiger partial charge in [0.15, 0.2) is 5.76 Å². The standard InChI is InChI=1S/C18H24N4O3/c1-3-8-22-12-15(13(2)20-22)17(23)19-14-6-4-9-21(11-14)18(24)16-7-5-10-25-16/h5,7,10,12,14H,3-4,6,8-9,11H2,1-2H3,(H,19,23). The number of hydrogen-bond donors (Lipinski definition) is 1. The highest BCUT2D eigenvalue weighted by atomic mass is 16.3. The maximum absolute atomic E-state index is 12.6. The fourth-order valence-electron chi connectivity index (χ4n) is 3.18. The Hall–Kier alpha value is -2.57. The topological polar surface area (TPSA) is 80.4 Å². The van der Waals surface area contributed by atoms with Gasteiger partial charge in [-0.2, -0.15) is 5.10 Å². The average Bonchev–Trinajstić information content (AvgIpc) is 3.24. The highest BCUT2D eigenvalue weighted by Gasteiger charge is 2.27. The second-order valence-corrected chi connectivity index (χ2v) is 6.43. The van der Waals surface area contributed by atoms with Gasteiger partial charge in [-0.3, -0.25) is 14.3 Å². The van der Waals surface area contributed by atoms with E-state index >= 15 is 0 Å². The van der Waals surface area contributed by atoms with Crippen molar-refractivity contribution in [1.29, 1.82) is 0 Å². The molecule has 0 aromatic carbocycles. The van der Waals surface area contributed by atoms with Gasteiger partial charge < -0.3 is 14.6 Å². The van der Waals surface area contributed by atoms with Crippen molar-refractivity contribution in [3.8, 4) is 0 Å². The molecule has 1 aliphatic heterocycles. The van der Waals surface area contributed by atoms with Gasteiger partial charge in [0.05, 0.1) is 17.5 Å². The molecule has 25 heavy (non-hydrogen) atoms. The zero-order chi connectivity index (χ0) is 17.8.